The molecule has 0 saturated carbocycles. The zero-order chi connectivity index (χ0) is 14.7. The molecule has 0 aliphatic heterocycles. The molecule has 0 saturated heterocycles. The van der Waals surface area contributed by atoms with Crippen LogP contribution in [0.5, 0.6) is 11.5 Å². The Hall–Kier alpha value is -1.53. The van der Waals surface area contributed by atoms with Crippen LogP contribution in [0, 0.1) is 6.92 Å². The first-order valence-electron chi connectivity index (χ1n) is 6.81. The predicted molar refractivity (Wildman–Crippen MR) is 91.5 cm³/mol. The summed E-state index contributed by atoms with van der Waals surface area (Å²) in [4.78, 5) is 4.45. The van der Waals surface area contributed by atoms with Crippen LogP contribution < -0.4 is 11.1 Å². The van der Waals surface area contributed by atoms with Gasteiger partial charge in [0.2, 0.25) is 0 Å². The Morgan fingerprint density at radius 3 is 2.71 bits per heavy atom. The molecule has 2 rings (SSSR count). The number of nitrogens with zero attached hydrogens (tertiary/aromatic N) is 1. The molecule has 0 radical (unpaired) electrons. The van der Waals surface area contributed by atoms with E-state index in [9.17, 15) is 10.2 Å². The van der Waals surface area contributed by atoms with E-state index < -0.39 is 0 Å². The smallest absolute Gasteiger partial charge is 0.167 e. The van der Waals surface area contributed by atoms with Crippen LogP contribution in [0.25, 0.3) is 10.9 Å². The molecule has 1 aromatic heterocycles. The summed E-state index contributed by atoms with van der Waals surface area (Å²) in [6, 6.07) is 5.31. The monoisotopic (exact) mass is 355 g/mol. The number of phenols is 2. The third-order valence-corrected chi connectivity index (χ3v) is 3.31. The highest BCUT2D eigenvalue weighted by Gasteiger charge is 2.13. The van der Waals surface area contributed by atoms with Gasteiger partial charge in [0.15, 0.2) is 11.5 Å². The van der Waals surface area contributed by atoms with Crippen molar-refractivity contribution < 1.29 is 10.2 Å². The zero-order valence-corrected chi connectivity index (χ0v) is 14.0. The van der Waals surface area contributed by atoms with Gasteiger partial charge >= 0.3 is 0 Å². The van der Waals surface area contributed by atoms with Crippen molar-refractivity contribution in [2.45, 2.75) is 32.7 Å². The summed E-state index contributed by atoms with van der Waals surface area (Å²) in [5, 5.41) is 23.6. The van der Waals surface area contributed by atoms with E-state index in [-0.39, 0.29) is 34.5 Å². The van der Waals surface area contributed by atoms with E-state index in [0.29, 0.717) is 17.4 Å². The van der Waals surface area contributed by atoms with Crippen LogP contribution in [-0.4, -0.2) is 27.8 Å². The minimum absolute atomic E-state index is 0. The molecule has 5 N–H and O–H groups in total. The molecular weight excluding hydrogens is 334 g/mol. The second kappa shape index (κ2) is 7.47. The molecule has 2 aromatic rings. The molecule has 1 atom stereocenters. The fraction of sp³-hybridized carbons (Fsp3) is 0.400. The second-order valence-corrected chi connectivity index (χ2v) is 5.12. The molecule has 116 valence electrons. The van der Waals surface area contributed by atoms with Crippen molar-refractivity contribution in [3.63, 3.8) is 0 Å². The SMILES string of the molecule is Br.Cc1ccc2c(O)c(O)cc(NC(C)CCCN)c2n1. The molecule has 0 fully saturated rings. The van der Waals surface area contributed by atoms with E-state index in [1.807, 2.05) is 13.0 Å². The molecule has 0 bridgehead atoms. The highest BCUT2D eigenvalue weighted by atomic mass is 79.9. The lowest BCUT2D eigenvalue weighted by Gasteiger charge is -2.17. The molecule has 1 aromatic carbocycles. The summed E-state index contributed by atoms with van der Waals surface area (Å²) in [5.74, 6) is -0.274. The van der Waals surface area contributed by atoms with E-state index in [1.165, 1.54) is 6.07 Å². The maximum absolute atomic E-state index is 9.91. The number of benzene rings is 1. The van der Waals surface area contributed by atoms with E-state index in [1.54, 1.807) is 6.07 Å². The summed E-state index contributed by atoms with van der Waals surface area (Å²) < 4.78 is 0. The van der Waals surface area contributed by atoms with Gasteiger partial charge in [-0.05, 0) is 45.4 Å². The lowest BCUT2D eigenvalue weighted by atomic mass is 10.1. The van der Waals surface area contributed by atoms with E-state index >= 15 is 0 Å². The third-order valence-electron chi connectivity index (χ3n) is 3.31. The number of phenolic OH excluding ortho intramolecular Hbond substituents is 2. The van der Waals surface area contributed by atoms with Crippen molar-refractivity contribution in [3.8, 4) is 11.5 Å². The van der Waals surface area contributed by atoms with Crippen LogP contribution in [0.1, 0.15) is 25.5 Å². The largest absolute Gasteiger partial charge is 0.504 e. The number of anilines is 1. The average molecular weight is 356 g/mol. The third kappa shape index (κ3) is 3.98. The quantitative estimate of drug-likeness (QED) is 0.488. The van der Waals surface area contributed by atoms with Crippen molar-refractivity contribution in [1.82, 2.24) is 4.98 Å². The van der Waals surface area contributed by atoms with Gasteiger partial charge < -0.3 is 21.3 Å². The Balaban J connectivity index is 0.00000220. The van der Waals surface area contributed by atoms with Gasteiger partial charge in [-0.1, -0.05) is 0 Å². The van der Waals surface area contributed by atoms with Gasteiger partial charge in [-0.3, -0.25) is 4.98 Å². The van der Waals surface area contributed by atoms with Crippen LogP contribution in [0.2, 0.25) is 0 Å². The molecule has 0 aliphatic carbocycles. The lowest BCUT2D eigenvalue weighted by molar-refractivity contribution is 0.408. The minimum Gasteiger partial charge on any atom is -0.504 e. The first-order valence-corrected chi connectivity index (χ1v) is 6.81. The Bertz CT molecular complexity index is 619. The van der Waals surface area contributed by atoms with Gasteiger partial charge in [0, 0.05) is 23.2 Å². The highest BCUT2D eigenvalue weighted by Crippen LogP contribution is 2.38. The highest BCUT2D eigenvalue weighted by molar-refractivity contribution is 8.93. The summed E-state index contributed by atoms with van der Waals surface area (Å²) in [7, 11) is 0. The van der Waals surface area contributed by atoms with Crippen LogP contribution in [-0.2, 0) is 0 Å². The number of halogens is 1. The number of nitrogens with one attached hydrogen (secondary N) is 1. The topological polar surface area (TPSA) is 91.4 Å². The molecule has 6 heteroatoms. The number of rotatable bonds is 5. The van der Waals surface area contributed by atoms with Gasteiger partial charge in [-0.15, -0.1) is 17.0 Å². The lowest BCUT2D eigenvalue weighted by Crippen LogP contribution is -2.17. The predicted octanol–water partition coefficient (Wildman–Crippen LogP) is 3.07. The first-order chi connectivity index (χ1) is 9.52. The minimum atomic E-state index is -0.142. The average Bonchev–Trinajstić information content (AvgIpc) is 2.42. The van der Waals surface area contributed by atoms with Crippen molar-refractivity contribution in [2.75, 3.05) is 11.9 Å². The standard InChI is InChI=1S/C15H21N3O2.BrH/c1-9(4-3-7-16)17-12-8-13(19)15(20)11-6-5-10(2)18-14(11)12;/h5-6,8-9,17,19-20H,3-4,7,16H2,1-2H3;1H. The fourth-order valence-electron chi connectivity index (χ4n) is 2.24. The molecule has 1 heterocycles. The zero-order valence-electron chi connectivity index (χ0n) is 12.3. The molecule has 0 amide bonds. The van der Waals surface area contributed by atoms with Crippen LogP contribution in [0.15, 0.2) is 18.2 Å². The van der Waals surface area contributed by atoms with E-state index in [2.05, 4.69) is 17.2 Å². The second-order valence-electron chi connectivity index (χ2n) is 5.12. The molecule has 1 unspecified atom stereocenters. The van der Waals surface area contributed by atoms with Crippen molar-refractivity contribution in [1.29, 1.82) is 0 Å². The summed E-state index contributed by atoms with van der Waals surface area (Å²) >= 11 is 0. The Morgan fingerprint density at radius 1 is 1.33 bits per heavy atom. The van der Waals surface area contributed by atoms with E-state index in [4.69, 9.17) is 5.73 Å². The summed E-state index contributed by atoms with van der Waals surface area (Å²) in [6.07, 6.45) is 1.87. The number of nitrogens with two attached hydrogens (primary N) is 1. The van der Waals surface area contributed by atoms with Crippen LogP contribution >= 0.6 is 17.0 Å². The number of aromatic nitrogens is 1. The van der Waals surface area contributed by atoms with Gasteiger partial charge in [-0.2, -0.15) is 0 Å². The van der Waals surface area contributed by atoms with Crippen molar-refractivity contribution in [2.24, 2.45) is 5.73 Å². The molecule has 5 nitrogen and oxygen atoms in total. The molecule has 21 heavy (non-hydrogen) atoms. The Kier molecular flexibility index (Phi) is 6.23. The first kappa shape index (κ1) is 17.5. The maximum Gasteiger partial charge on any atom is 0.167 e. The number of fused-ring (bicyclic) bond motifs is 1. The van der Waals surface area contributed by atoms with Crippen molar-refractivity contribution in [3.05, 3.63) is 23.9 Å². The fourth-order valence-corrected chi connectivity index (χ4v) is 2.24. The van der Waals surface area contributed by atoms with Gasteiger partial charge in [-0.25, -0.2) is 0 Å². The van der Waals surface area contributed by atoms with Gasteiger partial charge in [0.25, 0.3) is 0 Å². The molecule has 0 spiro atoms. The number of hydrogen-bond donors (Lipinski definition) is 4. The number of aromatic hydroxyl groups is 2. The van der Waals surface area contributed by atoms with Crippen LogP contribution in [0.3, 0.4) is 0 Å². The Morgan fingerprint density at radius 2 is 2.05 bits per heavy atom. The maximum atomic E-state index is 9.91. The molecule has 0 aliphatic rings. The summed E-state index contributed by atoms with van der Waals surface area (Å²) in [6.45, 7) is 4.61. The van der Waals surface area contributed by atoms with Crippen molar-refractivity contribution >= 4 is 33.6 Å². The molecular formula is C15H22BrN3O2. The van der Waals surface area contributed by atoms with Crippen LogP contribution in [0.4, 0.5) is 5.69 Å². The number of hydrogen-bond acceptors (Lipinski definition) is 5. The van der Waals surface area contributed by atoms with Gasteiger partial charge in [0.05, 0.1) is 11.2 Å². The normalized spacial score (nSPS) is 12.0. The summed E-state index contributed by atoms with van der Waals surface area (Å²) in [5.41, 5.74) is 7.76. The van der Waals surface area contributed by atoms with E-state index in [0.717, 1.165) is 24.2 Å². The Labute approximate surface area is 135 Å². The number of pyridine rings is 1. The van der Waals surface area contributed by atoms with Gasteiger partial charge in [0.1, 0.15) is 0 Å². The number of aryl methyl sites for hydroxylation is 1.